The second-order valence-electron chi connectivity index (χ2n) is 6.71. The first-order chi connectivity index (χ1) is 11.5. The lowest BCUT2D eigenvalue weighted by molar-refractivity contribution is -0.143. The Bertz CT molecular complexity index is 623. The fourth-order valence-corrected chi connectivity index (χ4v) is 2.27. The van der Waals surface area contributed by atoms with Gasteiger partial charge in [0.1, 0.15) is 5.60 Å². The SMILES string of the molecule is COCOc1ccc(C2CN(C(=O)OC(C)(C)C)C2)nc1C(F)(F)F. The number of hydrogen-bond donors (Lipinski definition) is 0. The minimum atomic E-state index is -4.65. The first kappa shape index (κ1) is 19.3. The molecule has 0 N–H and O–H groups in total. The van der Waals surface area contributed by atoms with Crippen LogP contribution >= 0.6 is 0 Å². The second kappa shape index (κ2) is 7.07. The highest BCUT2D eigenvalue weighted by Gasteiger charge is 2.40. The molecule has 1 saturated heterocycles. The molecule has 9 heteroatoms. The number of likely N-dealkylation sites (tertiary alicyclic amines) is 1. The van der Waals surface area contributed by atoms with Crippen molar-refractivity contribution in [1.82, 2.24) is 9.88 Å². The predicted molar refractivity (Wildman–Crippen MR) is 82.3 cm³/mol. The highest BCUT2D eigenvalue weighted by Crippen LogP contribution is 2.37. The highest BCUT2D eigenvalue weighted by molar-refractivity contribution is 5.69. The highest BCUT2D eigenvalue weighted by atomic mass is 19.4. The number of halogens is 3. The van der Waals surface area contributed by atoms with Gasteiger partial charge >= 0.3 is 12.3 Å². The van der Waals surface area contributed by atoms with E-state index in [1.54, 1.807) is 20.8 Å². The summed E-state index contributed by atoms with van der Waals surface area (Å²) < 4.78 is 54.3. The lowest BCUT2D eigenvalue weighted by atomic mass is 9.96. The number of aromatic nitrogens is 1. The Hall–Kier alpha value is -2.03. The van der Waals surface area contributed by atoms with E-state index in [9.17, 15) is 18.0 Å². The van der Waals surface area contributed by atoms with Crippen LogP contribution < -0.4 is 4.74 Å². The first-order valence-corrected chi connectivity index (χ1v) is 7.69. The molecule has 1 aromatic heterocycles. The molecule has 1 aliphatic rings. The van der Waals surface area contributed by atoms with Gasteiger partial charge < -0.3 is 19.1 Å². The van der Waals surface area contributed by atoms with Crippen molar-refractivity contribution in [3.05, 3.63) is 23.5 Å². The van der Waals surface area contributed by atoms with E-state index in [0.717, 1.165) is 0 Å². The average molecular weight is 362 g/mol. The standard InChI is InChI=1S/C16H21F3N2O4/c1-15(2,3)25-14(22)21-7-10(8-21)11-5-6-12(24-9-23-4)13(20-11)16(17,18)19/h5-6,10H,7-9H2,1-4H3. The van der Waals surface area contributed by atoms with E-state index in [0.29, 0.717) is 0 Å². The number of ether oxygens (including phenoxy) is 3. The van der Waals surface area contributed by atoms with Gasteiger partial charge in [0, 0.05) is 31.8 Å². The molecule has 1 aliphatic heterocycles. The number of pyridine rings is 1. The molecule has 0 radical (unpaired) electrons. The monoisotopic (exact) mass is 362 g/mol. The smallest absolute Gasteiger partial charge is 0.437 e. The van der Waals surface area contributed by atoms with Crippen LogP contribution in [-0.2, 0) is 15.7 Å². The van der Waals surface area contributed by atoms with E-state index in [4.69, 9.17) is 9.47 Å². The van der Waals surface area contributed by atoms with Crippen molar-refractivity contribution in [2.75, 3.05) is 27.0 Å². The number of hydrogen-bond acceptors (Lipinski definition) is 5. The topological polar surface area (TPSA) is 60.9 Å². The number of carbonyl (C=O) groups excluding carboxylic acids is 1. The van der Waals surface area contributed by atoms with E-state index in [1.807, 2.05) is 0 Å². The van der Waals surface area contributed by atoms with E-state index in [-0.39, 0.29) is 37.2 Å². The Labute approximate surface area is 143 Å². The molecule has 2 heterocycles. The number of methoxy groups -OCH3 is 1. The minimum Gasteiger partial charge on any atom is -0.465 e. The first-order valence-electron chi connectivity index (χ1n) is 7.69. The molecule has 0 saturated carbocycles. The van der Waals surface area contributed by atoms with Gasteiger partial charge in [-0.2, -0.15) is 13.2 Å². The maximum atomic E-state index is 13.2. The quantitative estimate of drug-likeness (QED) is 0.768. The lowest BCUT2D eigenvalue weighted by Gasteiger charge is -2.39. The van der Waals surface area contributed by atoms with Crippen LogP contribution in [-0.4, -0.2) is 48.6 Å². The lowest BCUT2D eigenvalue weighted by Crippen LogP contribution is -2.50. The second-order valence-corrected chi connectivity index (χ2v) is 6.71. The summed E-state index contributed by atoms with van der Waals surface area (Å²) in [6.45, 7) is 5.46. The molecule has 1 aromatic rings. The number of nitrogens with zero attached hydrogens (tertiary/aromatic N) is 2. The molecule has 0 atom stereocenters. The average Bonchev–Trinajstić information content (AvgIpc) is 2.41. The van der Waals surface area contributed by atoms with Gasteiger partial charge in [0.15, 0.2) is 18.2 Å². The molecular weight excluding hydrogens is 341 g/mol. The summed E-state index contributed by atoms with van der Waals surface area (Å²) in [6, 6.07) is 2.69. The van der Waals surface area contributed by atoms with Gasteiger partial charge in [-0.1, -0.05) is 0 Å². The summed E-state index contributed by atoms with van der Waals surface area (Å²) in [5.74, 6) is -0.661. The van der Waals surface area contributed by atoms with Gasteiger partial charge in [0.05, 0.1) is 0 Å². The molecule has 25 heavy (non-hydrogen) atoms. The van der Waals surface area contributed by atoms with Crippen molar-refractivity contribution in [1.29, 1.82) is 0 Å². The number of amides is 1. The van der Waals surface area contributed by atoms with Gasteiger partial charge in [0.2, 0.25) is 0 Å². The Morgan fingerprint density at radius 1 is 1.28 bits per heavy atom. The van der Waals surface area contributed by atoms with E-state index >= 15 is 0 Å². The van der Waals surface area contributed by atoms with Crippen LogP contribution in [0.15, 0.2) is 12.1 Å². The fraction of sp³-hybridized carbons (Fsp3) is 0.625. The third-order valence-corrected chi connectivity index (χ3v) is 3.43. The van der Waals surface area contributed by atoms with Crippen molar-refractivity contribution in [3.8, 4) is 5.75 Å². The van der Waals surface area contributed by atoms with E-state index in [1.165, 1.54) is 24.1 Å². The van der Waals surface area contributed by atoms with Crippen LogP contribution in [0.25, 0.3) is 0 Å². The molecule has 1 amide bonds. The Morgan fingerprint density at radius 3 is 2.44 bits per heavy atom. The number of alkyl halides is 3. The molecule has 0 spiro atoms. The summed E-state index contributed by atoms with van der Waals surface area (Å²) in [6.07, 6.45) is -5.13. The maximum Gasteiger partial charge on any atom is 0.437 e. The number of carbonyl (C=O) groups is 1. The summed E-state index contributed by atoms with van der Waals surface area (Å²) in [5.41, 5.74) is -1.46. The largest absolute Gasteiger partial charge is 0.465 e. The Kier molecular flexibility index (Phi) is 5.46. The van der Waals surface area contributed by atoms with Gasteiger partial charge in [0.25, 0.3) is 0 Å². The minimum absolute atomic E-state index is 0.261. The van der Waals surface area contributed by atoms with Gasteiger partial charge in [-0.15, -0.1) is 0 Å². The Morgan fingerprint density at radius 2 is 1.92 bits per heavy atom. The zero-order valence-corrected chi connectivity index (χ0v) is 14.5. The van der Waals surface area contributed by atoms with Crippen LogP contribution in [0.4, 0.5) is 18.0 Å². The summed E-state index contributed by atoms with van der Waals surface area (Å²) in [5, 5.41) is 0. The number of rotatable bonds is 4. The maximum absolute atomic E-state index is 13.2. The normalized spacial score (nSPS) is 15.7. The summed E-state index contributed by atoms with van der Waals surface area (Å²) in [7, 11) is 1.31. The van der Waals surface area contributed by atoms with E-state index in [2.05, 4.69) is 9.72 Å². The zero-order valence-electron chi connectivity index (χ0n) is 14.5. The summed E-state index contributed by atoms with van der Waals surface area (Å²) in [4.78, 5) is 17.0. The Balaban J connectivity index is 2.08. The molecule has 0 aliphatic carbocycles. The van der Waals surface area contributed by atoms with Crippen molar-refractivity contribution >= 4 is 6.09 Å². The van der Waals surface area contributed by atoms with Crippen molar-refractivity contribution < 1.29 is 32.2 Å². The molecule has 0 aromatic carbocycles. The fourth-order valence-electron chi connectivity index (χ4n) is 2.27. The molecule has 140 valence electrons. The van der Waals surface area contributed by atoms with Crippen LogP contribution in [0.2, 0.25) is 0 Å². The van der Waals surface area contributed by atoms with Gasteiger partial charge in [-0.25, -0.2) is 9.78 Å². The molecule has 6 nitrogen and oxygen atoms in total. The van der Waals surface area contributed by atoms with Crippen molar-refractivity contribution in [3.63, 3.8) is 0 Å². The van der Waals surface area contributed by atoms with Crippen molar-refractivity contribution in [2.24, 2.45) is 0 Å². The third kappa shape index (κ3) is 4.97. The zero-order chi connectivity index (χ0) is 18.8. The van der Waals surface area contributed by atoms with Crippen LogP contribution in [0.5, 0.6) is 5.75 Å². The third-order valence-electron chi connectivity index (χ3n) is 3.43. The van der Waals surface area contributed by atoms with E-state index < -0.39 is 23.6 Å². The van der Waals surface area contributed by atoms with Gasteiger partial charge in [-0.05, 0) is 32.9 Å². The molecule has 0 unspecified atom stereocenters. The van der Waals surface area contributed by atoms with Crippen LogP contribution in [0.3, 0.4) is 0 Å². The molecule has 1 fully saturated rings. The molecule has 2 rings (SSSR count). The predicted octanol–water partition coefficient (Wildman–Crippen LogP) is 3.42. The summed E-state index contributed by atoms with van der Waals surface area (Å²) >= 11 is 0. The molecule has 0 bridgehead atoms. The van der Waals surface area contributed by atoms with Gasteiger partial charge in [-0.3, -0.25) is 0 Å². The molecular formula is C16H21F3N2O4. The van der Waals surface area contributed by atoms with Crippen molar-refractivity contribution in [2.45, 2.75) is 38.5 Å². The van der Waals surface area contributed by atoms with Crippen LogP contribution in [0, 0.1) is 0 Å². The van der Waals surface area contributed by atoms with Crippen LogP contribution in [0.1, 0.15) is 38.1 Å².